The molecular weight excluding hydrogens is 256 g/mol. The van der Waals surface area contributed by atoms with Crippen LogP contribution in [0.5, 0.6) is 0 Å². The summed E-state index contributed by atoms with van der Waals surface area (Å²) in [6.07, 6.45) is 3.09. The van der Waals surface area contributed by atoms with E-state index in [2.05, 4.69) is 0 Å². The molecule has 5 nitrogen and oxygen atoms in total. The molecule has 0 heterocycles. The highest BCUT2D eigenvalue weighted by Gasteiger charge is 2.15. The van der Waals surface area contributed by atoms with Gasteiger partial charge in [-0.05, 0) is 37.6 Å². The molecule has 3 N–H and O–H groups in total. The first kappa shape index (κ1) is 15.8. The van der Waals surface area contributed by atoms with E-state index in [4.69, 9.17) is 10.8 Å². The number of hydrogen-bond acceptors (Lipinski definition) is 3. The Balaban J connectivity index is 2.70. The molecule has 0 fully saturated rings. The van der Waals surface area contributed by atoms with Crippen LogP contribution in [0.3, 0.4) is 0 Å². The molecule has 5 heteroatoms. The fourth-order valence-corrected chi connectivity index (χ4v) is 1.71. The Morgan fingerprint density at radius 2 is 1.90 bits per heavy atom. The molecule has 1 rings (SSSR count). The van der Waals surface area contributed by atoms with Gasteiger partial charge in [-0.2, -0.15) is 0 Å². The number of amides is 1. The number of carboxylic acid groups (broad SMARTS) is 1. The van der Waals surface area contributed by atoms with Crippen LogP contribution in [0.1, 0.15) is 25.8 Å². The van der Waals surface area contributed by atoms with Gasteiger partial charge in [0.05, 0.1) is 6.42 Å². The number of carbonyl (C=O) groups is 2. The fraction of sp³-hybridized carbons (Fsp3) is 0.333. The van der Waals surface area contributed by atoms with E-state index >= 15 is 0 Å². The van der Waals surface area contributed by atoms with Crippen LogP contribution in [0.15, 0.2) is 30.3 Å². The smallest absolute Gasteiger partial charge is 0.305 e. The lowest BCUT2D eigenvalue weighted by atomic mass is 10.2. The van der Waals surface area contributed by atoms with Gasteiger partial charge in [0.2, 0.25) is 5.91 Å². The summed E-state index contributed by atoms with van der Waals surface area (Å²) < 4.78 is 0. The average molecular weight is 276 g/mol. The fourth-order valence-electron chi connectivity index (χ4n) is 1.71. The summed E-state index contributed by atoms with van der Waals surface area (Å²) in [5.41, 5.74) is 7.12. The quantitative estimate of drug-likeness (QED) is 0.615. The van der Waals surface area contributed by atoms with Crippen molar-refractivity contribution in [2.45, 2.75) is 26.3 Å². The number of aliphatic carboxylic acids is 1. The van der Waals surface area contributed by atoms with Crippen LogP contribution in [-0.4, -0.2) is 34.5 Å². The van der Waals surface area contributed by atoms with Gasteiger partial charge in [-0.3, -0.25) is 9.59 Å². The number of carboxylic acids is 1. The first-order chi connectivity index (χ1) is 9.40. The molecule has 0 aliphatic heterocycles. The Kier molecular flexibility index (Phi) is 5.77. The maximum absolute atomic E-state index is 12.1. The van der Waals surface area contributed by atoms with Crippen molar-refractivity contribution < 1.29 is 14.7 Å². The molecule has 0 aliphatic carbocycles. The minimum Gasteiger partial charge on any atom is -0.481 e. The number of nitrogen functional groups attached to an aromatic ring is 1. The molecule has 0 aromatic heterocycles. The molecule has 1 aromatic rings. The van der Waals surface area contributed by atoms with Gasteiger partial charge in [0.25, 0.3) is 0 Å². The van der Waals surface area contributed by atoms with E-state index in [0.29, 0.717) is 5.69 Å². The monoisotopic (exact) mass is 276 g/mol. The third kappa shape index (κ3) is 5.14. The maximum Gasteiger partial charge on any atom is 0.305 e. The van der Waals surface area contributed by atoms with Crippen molar-refractivity contribution in [3.05, 3.63) is 35.9 Å². The molecule has 0 radical (unpaired) electrons. The summed E-state index contributed by atoms with van der Waals surface area (Å²) >= 11 is 0. The third-order valence-corrected chi connectivity index (χ3v) is 2.83. The molecular formula is C15H20N2O3. The number of hydrogen-bond donors (Lipinski definition) is 2. The molecule has 1 aromatic carbocycles. The van der Waals surface area contributed by atoms with Gasteiger partial charge in [-0.15, -0.1) is 0 Å². The summed E-state index contributed by atoms with van der Waals surface area (Å²) in [5.74, 6) is -1.11. The largest absolute Gasteiger partial charge is 0.481 e. The topological polar surface area (TPSA) is 83.6 Å². The first-order valence-corrected chi connectivity index (χ1v) is 6.46. The van der Waals surface area contributed by atoms with Gasteiger partial charge in [-0.1, -0.05) is 12.1 Å². The van der Waals surface area contributed by atoms with Gasteiger partial charge in [0.15, 0.2) is 0 Å². The second kappa shape index (κ2) is 7.33. The van der Waals surface area contributed by atoms with E-state index in [0.717, 1.165) is 5.56 Å². The molecule has 0 saturated heterocycles. The van der Waals surface area contributed by atoms with Gasteiger partial charge >= 0.3 is 5.97 Å². The van der Waals surface area contributed by atoms with Crippen LogP contribution < -0.4 is 5.73 Å². The second-order valence-corrected chi connectivity index (χ2v) is 4.77. The summed E-state index contributed by atoms with van der Waals surface area (Å²) in [6, 6.07) is 7.10. The molecule has 20 heavy (non-hydrogen) atoms. The number of rotatable bonds is 6. The van der Waals surface area contributed by atoms with Crippen molar-refractivity contribution in [2.24, 2.45) is 0 Å². The molecule has 1 amide bonds. The Morgan fingerprint density at radius 3 is 2.40 bits per heavy atom. The number of carbonyl (C=O) groups excluding carboxylic acids is 1. The number of benzene rings is 1. The first-order valence-electron chi connectivity index (χ1n) is 6.46. The van der Waals surface area contributed by atoms with E-state index in [9.17, 15) is 9.59 Å². The molecule has 0 spiro atoms. The number of anilines is 1. The third-order valence-electron chi connectivity index (χ3n) is 2.83. The molecule has 0 aliphatic rings. The van der Waals surface area contributed by atoms with Crippen molar-refractivity contribution >= 4 is 23.6 Å². The second-order valence-electron chi connectivity index (χ2n) is 4.77. The van der Waals surface area contributed by atoms with Crippen LogP contribution in [0, 0.1) is 0 Å². The van der Waals surface area contributed by atoms with Crippen LogP contribution in [0.4, 0.5) is 5.69 Å². The Bertz CT molecular complexity index is 492. The lowest BCUT2D eigenvalue weighted by Gasteiger charge is -2.24. The van der Waals surface area contributed by atoms with Crippen molar-refractivity contribution in [1.29, 1.82) is 0 Å². The number of nitrogens with two attached hydrogens (primary N) is 1. The lowest BCUT2D eigenvalue weighted by molar-refractivity contribution is -0.138. The SMILES string of the molecule is CC(C)N(CCC(=O)O)C(=O)/C=C/c1ccc(N)cc1. The minimum absolute atomic E-state index is 0.0436. The van der Waals surface area contributed by atoms with Gasteiger partial charge in [-0.25, -0.2) is 0 Å². The average Bonchev–Trinajstić information content (AvgIpc) is 2.37. The highest BCUT2D eigenvalue weighted by atomic mass is 16.4. The summed E-state index contributed by atoms with van der Waals surface area (Å²) in [5, 5.41) is 8.69. The molecule has 0 bridgehead atoms. The van der Waals surface area contributed by atoms with Crippen molar-refractivity contribution in [3.8, 4) is 0 Å². The van der Waals surface area contributed by atoms with Crippen LogP contribution in [0.2, 0.25) is 0 Å². The summed E-state index contributed by atoms with van der Waals surface area (Å²) in [7, 11) is 0. The molecule has 0 unspecified atom stereocenters. The molecule has 0 saturated carbocycles. The van der Waals surface area contributed by atoms with Crippen molar-refractivity contribution in [2.75, 3.05) is 12.3 Å². The lowest BCUT2D eigenvalue weighted by Crippen LogP contribution is -2.37. The Morgan fingerprint density at radius 1 is 1.30 bits per heavy atom. The van der Waals surface area contributed by atoms with Crippen molar-refractivity contribution in [3.63, 3.8) is 0 Å². The van der Waals surface area contributed by atoms with Gasteiger partial charge < -0.3 is 15.7 Å². The van der Waals surface area contributed by atoms with E-state index in [1.807, 2.05) is 26.0 Å². The normalized spacial score (nSPS) is 10.9. The highest BCUT2D eigenvalue weighted by molar-refractivity contribution is 5.92. The van der Waals surface area contributed by atoms with E-state index < -0.39 is 5.97 Å². The molecule has 108 valence electrons. The minimum atomic E-state index is -0.911. The van der Waals surface area contributed by atoms with Crippen LogP contribution in [-0.2, 0) is 9.59 Å². The zero-order valence-corrected chi connectivity index (χ0v) is 11.7. The van der Waals surface area contributed by atoms with Crippen molar-refractivity contribution in [1.82, 2.24) is 4.90 Å². The van der Waals surface area contributed by atoms with Gasteiger partial charge in [0.1, 0.15) is 0 Å². The van der Waals surface area contributed by atoms with Gasteiger partial charge in [0, 0.05) is 24.4 Å². The molecule has 0 atom stereocenters. The summed E-state index contributed by atoms with van der Waals surface area (Å²) in [6.45, 7) is 3.92. The van der Waals surface area contributed by atoms with Crippen LogP contribution >= 0.6 is 0 Å². The predicted molar refractivity (Wildman–Crippen MR) is 79.0 cm³/mol. The maximum atomic E-state index is 12.1. The Labute approximate surface area is 118 Å². The zero-order valence-electron chi connectivity index (χ0n) is 11.7. The predicted octanol–water partition coefficient (Wildman–Crippen LogP) is 1.99. The summed E-state index contributed by atoms with van der Waals surface area (Å²) in [4.78, 5) is 24.2. The van der Waals surface area contributed by atoms with E-state index in [1.54, 1.807) is 18.2 Å². The zero-order chi connectivity index (χ0) is 15.1. The van der Waals surface area contributed by atoms with E-state index in [-0.39, 0.29) is 24.9 Å². The standard InChI is InChI=1S/C15H20N2O3/c1-11(2)17(10-9-15(19)20)14(18)8-5-12-3-6-13(16)7-4-12/h3-8,11H,9-10,16H2,1-2H3,(H,19,20)/b8-5+. The number of nitrogens with zero attached hydrogens (tertiary/aromatic N) is 1. The highest BCUT2D eigenvalue weighted by Crippen LogP contribution is 2.08. The van der Waals surface area contributed by atoms with Crippen LogP contribution in [0.25, 0.3) is 6.08 Å². The Hall–Kier alpha value is -2.30. The van der Waals surface area contributed by atoms with E-state index in [1.165, 1.54) is 11.0 Å².